The van der Waals surface area contributed by atoms with E-state index in [0.717, 1.165) is 18.5 Å². The number of likely N-dealkylation sites (tertiary alicyclic amines) is 1. The third-order valence-electron chi connectivity index (χ3n) is 5.80. The maximum absolute atomic E-state index is 13.1. The highest BCUT2D eigenvalue weighted by molar-refractivity contribution is 6.00. The number of aromatic nitrogens is 2. The third kappa shape index (κ3) is 3.57. The molecule has 152 valence electrons. The minimum Gasteiger partial charge on any atom is -0.368 e. The van der Waals surface area contributed by atoms with Crippen LogP contribution < -0.4 is 5.73 Å². The van der Waals surface area contributed by atoms with E-state index in [1.165, 1.54) is 0 Å². The second-order valence-corrected chi connectivity index (χ2v) is 8.79. The van der Waals surface area contributed by atoms with Crippen LogP contribution in [0.2, 0.25) is 0 Å². The Morgan fingerprint density at radius 2 is 1.93 bits per heavy atom. The van der Waals surface area contributed by atoms with E-state index in [4.69, 9.17) is 5.73 Å². The van der Waals surface area contributed by atoms with Gasteiger partial charge in [-0.1, -0.05) is 32.0 Å². The monoisotopic (exact) mass is 394 g/mol. The molecule has 0 bridgehead atoms. The van der Waals surface area contributed by atoms with E-state index in [9.17, 15) is 14.4 Å². The topological polar surface area (TPSA) is 98.3 Å². The Bertz CT molecular complexity index is 977. The van der Waals surface area contributed by atoms with Crippen molar-refractivity contribution in [1.29, 1.82) is 0 Å². The zero-order chi connectivity index (χ0) is 20.8. The lowest BCUT2D eigenvalue weighted by Gasteiger charge is -2.30. The Hall–Kier alpha value is -2.96. The molecule has 29 heavy (non-hydrogen) atoms. The molecule has 1 atom stereocenters. The normalized spacial score (nSPS) is 20.6. The van der Waals surface area contributed by atoms with Crippen LogP contribution >= 0.6 is 0 Å². The first-order valence-corrected chi connectivity index (χ1v) is 10.0. The molecule has 1 saturated heterocycles. The predicted octanol–water partition coefficient (Wildman–Crippen LogP) is 2.50. The number of fused-ring (bicyclic) bond motifs is 1. The number of nitrogens with zero attached hydrogens (tertiary/aromatic N) is 3. The van der Waals surface area contributed by atoms with Gasteiger partial charge in [0.2, 0.25) is 5.91 Å². The van der Waals surface area contributed by atoms with Gasteiger partial charge in [-0.05, 0) is 36.8 Å². The van der Waals surface area contributed by atoms with Crippen molar-refractivity contribution in [2.24, 2.45) is 11.1 Å². The Kier molecular flexibility index (Phi) is 4.76. The van der Waals surface area contributed by atoms with E-state index in [0.29, 0.717) is 36.2 Å². The number of amides is 2. The molecule has 1 aromatic heterocycles. The molecule has 0 unspecified atom stereocenters. The molecule has 4 rings (SSSR count). The minimum absolute atomic E-state index is 0.0287. The van der Waals surface area contributed by atoms with Crippen molar-refractivity contribution in [2.75, 3.05) is 6.54 Å². The van der Waals surface area contributed by atoms with Crippen LogP contribution in [0.5, 0.6) is 0 Å². The van der Waals surface area contributed by atoms with Crippen LogP contribution in [0.25, 0.3) is 0 Å². The number of rotatable bonds is 4. The largest absolute Gasteiger partial charge is 0.368 e. The van der Waals surface area contributed by atoms with Crippen LogP contribution in [0.15, 0.2) is 30.3 Å². The molecule has 1 aliphatic heterocycles. The Balaban J connectivity index is 1.76. The maximum atomic E-state index is 13.1. The first-order chi connectivity index (χ1) is 13.8. The predicted molar refractivity (Wildman–Crippen MR) is 107 cm³/mol. The highest BCUT2D eigenvalue weighted by atomic mass is 16.2. The zero-order valence-electron chi connectivity index (χ0n) is 16.9. The van der Waals surface area contributed by atoms with Gasteiger partial charge in [0.15, 0.2) is 5.78 Å². The number of nitrogens with two attached hydrogens (primary N) is 1. The zero-order valence-corrected chi connectivity index (χ0v) is 16.9. The molecule has 2 heterocycles. The molecule has 7 heteroatoms. The number of ketones is 1. The number of hydrogen-bond acceptors (Lipinski definition) is 4. The molecule has 2 aromatic rings. The SMILES string of the molecule is CC1(C)CC(=O)c2c([C@@H]3CCCN3C(=O)c3ccccc3)nn(CC(N)=O)c2C1. The number of primary amides is 1. The van der Waals surface area contributed by atoms with E-state index in [1.54, 1.807) is 21.7 Å². The number of carbonyl (C=O) groups is 3. The molecular weight excluding hydrogens is 368 g/mol. The van der Waals surface area contributed by atoms with E-state index in [1.807, 2.05) is 32.0 Å². The first-order valence-electron chi connectivity index (χ1n) is 10.0. The van der Waals surface area contributed by atoms with E-state index in [2.05, 4.69) is 5.10 Å². The fourth-order valence-electron chi connectivity index (χ4n) is 4.59. The van der Waals surface area contributed by atoms with Crippen LogP contribution in [0, 0.1) is 5.41 Å². The average Bonchev–Trinajstić information content (AvgIpc) is 3.26. The van der Waals surface area contributed by atoms with E-state index < -0.39 is 5.91 Å². The fraction of sp³-hybridized carbons (Fsp3) is 0.455. The van der Waals surface area contributed by atoms with Crippen molar-refractivity contribution >= 4 is 17.6 Å². The molecule has 7 nitrogen and oxygen atoms in total. The molecule has 0 spiro atoms. The summed E-state index contributed by atoms with van der Waals surface area (Å²) in [4.78, 5) is 39.6. The van der Waals surface area contributed by atoms with Gasteiger partial charge in [0, 0.05) is 18.5 Å². The molecule has 1 fully saturated rings. The quantitative estimate of drug-likeness (QED) is 0.861. The van der Waals surface area contributed by atoms with Crippen molar-refractivity contribution < 1.29 is 14.4 Å². The molecule has 0 radical (unpaired) electrons. The molecule has 0 saturated carbocycles. The van der Waals surface area contributed by atoms with Crippen LogP contribution in [0.3, 0.4) is 0 Å². The lowest BCUT2D eigenvalue weighted by Crippen LogP contribution is -2.32. The lowest BCUT2D eigenvalue weighted by molar-refractivity contribution is -0.118. The fourth-order valence-corrected chi connectivity index (χ4v) is 4.59. The van der Waals surface area contributed by atoms with Crippen molar-refractivity contribution in [1.82, 2.24) is 14.7 Å². The van der Waals surface area contributed by atoms with Crippen LogP contribution in [-0.4, -0.2) is 38.8 Å². The van der Waals surface area contributed by atoms with Gasteiger partial charge in [0.25, 0.3) is 5.91 Å². The summed E-state index contributed by atoms with van der Waals surface area (Å²) in [5, 5.41) is 4.66. The molecule has 1 aliphatic carbocycles. The second kappa shape index (κ2) is 7.13. The second-order valence-electron chi connectivity index (χ2n) is 8.79. The number of benzene rings is 1. The standard InChI is InChI=1S/C22H26N4O3/c1-22(2)11-16-19(17(27)12-22)20(24-26(16)13-18(23)28)15-9-6-10-25(15)21(29)14-7-4-3-5-8-14/h3-5,7-8,15H,6,9-13H2,1-2H3,(H2,23,28)/t15-/m0/s1. The van der Waals surface area contributed by atoms with Crippen LogP contribution in [-0.2, 0) is 17.8 Å². The summed E-state index contributed by atoms with van der Waals surface area (Å²) in [5.41, 5.74) is 7.81. The van der Waals surface area contributed by atoms with Gasteiger partial charge in [-0.15, -0.1) is 0 Å². The maximum Gasteiger partial charge on any atom is 0.254 e. The Labute approximate surface area is 169 Å². The summed E-state index contributed by atoms with van der Waals surface area (Å²) in [6.07, 6.45) is 2.66. The highest BCUT2D eigenvalue weighted by Gasteiger charge is 2.41. The molecular formula is C22H26N4O3. The summed E-state index contributed by atoms with van der Waals surface area (Å²) < 4.78 is 1.58. The smallest absolute Gasteiger partial charge is 0.254 e. The molecule has 2 N–H and O–H groups in total. The highest BCUT2D eigenvalue weighted by Crippen LogP contribution is 2.41. The minimum atomic E-state index is -0.499. The van der Waals surface area contributed by atoms with E-state index >= 15 is 0 Å². The van der Waals surface area contributed by atoms with Gasteiger partial charge in [-0.25, -0.2) is 0 Å². The summed E-state index contributed by atoms with van der Waals surface area (Å²) in [6, 6.07) is 8.89. The Morgan fingerprint density at radius 1 is 1.21 bits per heavy atom. The van der Waals surface area contributed by atoms with Gasteiger partial charge >= 0.3 is 0 Å². The van der Waals surface area contributed by atoms with Gasteiger partial charge in [-0.3, -0.25) is 19.1 Å². The summed E-state index contributed by atoms with van der Waals surface area (Å²) in [5.74, 6) is -0.530. The Morgan fingerprint density at radius 3 is 2.62 bits per heavy atom. The summed E-state index contributed by atoms with van der Waals surface area (Å²) in [7, 11) is 0. The summed E-state index contributed by atoms with van der Waals surface area (Å²) in [6.45, 7) is 4.63. The van der Waals surface area contributed by atoms with Crippen LogP contribution in [0.4, 0.5) is 0 Å². The number of Topliss-reactive ketones (excluding diaryl/α,β-unsaturated/α-hetero) is 1. The van der Waals surface area contributed by atoms with Crippen LogP contribution in [0.1, 0.15) is 71.3 Å². The third-order valence-corrected chi connectivity index (χ3v) is 5.80. The first kappa shape index (κ1) is 19.4. The molecule has 2 amide bonds. The van der Waals surface area contributed by atoms with Gasteiger partial charge in [-0.2, -0.15) is 5.10 Å². The molecule has 2 aliphatic rings. The van der Waals surface area contributed by atoms with Crippen molar-refractivity contribution in [3.63, 3.8) is 0 Å². The van der Waals surface area contributed by atoms with Crippen molar-refractivity contribution in [3.8, 4) is 0 Å². The number of hydrogen-bond donors (Lipinski definition) is 1. The van der Waals surface area contributed by atoms with Crippen molar-refractivity contribution in [3.05, 3.63) is 52.8 Å². The summed E-state index contributed by atoms with van der Waals surface area (Å²) >= 11 is 0. The lowest BCUT2D eigenvalue weighted by atomic mass is 9.75. The van der Waals surface area contributed by atoms with Crippen molar-refractivity contribution in [2.45, 2.75) is 52.1 Å². The average molecular weight is 394 g/mol. The molecule has 1 aromatic carbocycles. The van der Waals surface area contributed by atoms with Gasteiger partial charge in [0.05, 0.1) is 23.0 Å². The van der Waals surface area contributed by atoms with Gasteiger partial charge < -0.3 is 10.6 Å². The number of carbonyl (C=O) groups excluding carboxylic acids is 3. The van der Waals surface area contributed by atoms with E-state index in [-0.39, 0.29) is 29.7 Å². The van der Waals surface area contributed by atoms with Gasteiger partial charge in [0.1, 0.15) is 6.54 Å².